The summed E-state index contributed by atoms with van der Waals surface area (Å²) in [5, 5.41) is 6.40. The monoisotopic (exact) mass is 255 g/mol. The maximum Gasteiger partial charge on any atom is 0.227 e. The predicted molar refractivity (Wildman–Crippen MR) is 70.5 cm³/mol. The Kier molecular flexibility index (Phi) is 4.97. The van der Waals surface area contributed by atoms with Crippen molar-refractivity contribution in [2.45, 2.75) is 19.8 Å². The van der Waals surface area contributed by atoms with Crippen LogP contribution in [0.3, 0.4) is 0 Å². The first-order chi connectivity index (χ1) is 8.77. The molecule has 5 nitrogen and oxygen atoms in total. The lowest BCUT2D eigenvalue weighted by Gasteiger charge is -2.28. The van der Waals surface area contributed by atoms with Crippen LogP contribution in [-0.4, -0.2) is 63.3 Å². The highest BCUT2D eigenvalue weighted by atomic mass is 16.5. The van der Waals surface area contributed by atoms with Gasteiger partial charge in [0.1, 0.15) is 0 Å². The second-order valence-corrected chi connectivity index (χ2v) is 5.27. The SMILES string of the molecule is CCC1(C(=O)NCCN2CCOCC2)CCNC1. The number of hydrogen-bond acceptors (Lipinski definition) is 4. The summed E-state index contributed by atoms with van der Waals surface area (Å²) in [5.74, 6) is 0.225. The van der Waals surface area contributed by atoms with Crippen LogP contribution in [0.5, 0.6) is 0 Å². The van der Waals surface area contributed by atoms with E-state index in [1.807, 2.05) is 0 Å². The van der Waals surface area contributed by atoms with Crippen LogP contribution < -0.4 is 10.6 Å². The van der Waals surface area contributed by atoms with Crippen LogP contribution in [0, 0.1) is 5.41 Å². The Balaban J connectivity index is 1.70. The summed E-state index contributed by atoms with van der Waals surface area (Å²) in [4.78, 5) is 14.6. The molecule has 0 radical (unpaired) electrons. The summed E-state index contributed by atoms with van der Waals surface area (Å²) in [7, 11) is 0. The highest BCUT2D eigenvalue weighted by Crippen LogP contribution is 2.29. The maximum atomic E-state index is 12.2. The average molecular weight is 255 g/mol. The average Bonchev–Trinajstić information content (AvgIpc) is 2.90. The Hall–Kier alpha value is -0.650. The minimum Gasteiger partial charge on any atom is -0.379 e. The van der Waals surface area contributed by atoms with Crippen LogP contribution in [0.1, 0.15) is 19.8 Å². The van der Waals surface area contributed by atoms with Crippen molar-refractivity contribution in [1.82, 2.24) is 15.5 Å². The van der Waals surface area contributed by atoms with Crippen molar-refractivity contribution in [1.29, 1.82) is 0 Å². The van der Waals surface area contributed by atoms with Gasteiger partial charge >= 0.3 is 0 Å². The highest BCUT2D eigenvalue weighted by molar-refractivity contribution is 5.83. The Morgan fingerprint density at radius 2 is 2.22 bits per heavy atom. The number of amides is 1. The van der Waals surface area contributed by atoms with Gasteiger partial charge in [-0.3, -0.25) is 9.69 Å². The van der Waals surface area contributed by atoms with E-state index < -0.39 is 0 Å². The van der Waals surface area contributed by atoms with E-state index in [-0.39, 0.29) is 11.3 Å². The summed E-state index contributed by atoms with van der Waals surface area (Å²) in [5.41, 5.74) is -0.162. The minimum absolute atomic E-state index is 0.162. The van der Waals surface area contributed by atoms with Crippen molar-refractivity contribution >= 4 is 5.91 Å². The van der Waals surface area contributed by atoms with E-state index in [1.54, 1.807) is 0 Å². The van der Waals surface area contributed by atoms with E-state index in [2.05, 4.69) is 22.5 Å². The quantitative estimate of drug-likeness (QED) is 0.716. The Labute approximate surface area is 109 Å². The van der Waals surface area contributed by atoms with E-state index in [4.69, 9.17) is 4.74 Å². The number of nitrogens with one attached hydrogen (secondary N) is 2. The van der Waals surface area contributed by atoms with Crippen molar-refractivity contribution in [2.24, 2.45) is 5.41 Å². The molecule has 1 unspecified atom stereocenters. The van der Waals surface area contributed by atoms with Gasteiger partial charge in [-0.25, -0.2) is 0 Å². The highest BCUT2D eigenvalue weighted by Gasteiger charge is 2.39. The number of hydrogen-bond donors (Lipinski definition) is 2. The lowest BCUT2D eigenvalue weighted by Crippen LogP contribution is -2.46. The fourth-order valence-corrected chi connectivity index (χ4v) is 2.74. The molecule has 104 valence electrons. The summed E-state index contributed by atoms with van der Waals surface area (Å²) >= 11 is 0. The van der Waals surface area contributed by atoms with Crippen LogP contribution >= 0.6 is 0 Å². The molecule has 2 rings (SSSR count). The van der Waals surface area contributed by atoms with Gasteiger partial charge in [0.15, 0.2) is 0 Å². The summed E-state index contributed by atoms with van der Waals surface area (Å²) in [6.45, 7) is 9.18. The van der Waals surface area contributed by atoms with E-state index in [0.29, 0.717) is 0 Å². The molecule has 2 aliphatic heterocycles. The number of ether oxygens (including phenoxy) is 1. The molecule has 1 atom stereocenters. The second-order valence-electron chi connectivity index (χ2n) is 5.27. The molecule has 0 aromatic rings. The molecule has 0 bridgehead atoms. The smallest absolute Gasteiger partial charge is 0.227 e. The molecule has 5 heteroatoms. The van der Waals surface area contributed by atoms with Crippen LogP contribution in [0.4, 0.5) is 0 Å². The zero-order chi connectivity index (χ0) is 12.8. The molecule has 0 saturated carbocycles. The van der Waals surface area contributed by atoms with Crippen molar-refractivity contribution in [3.05, 3.63) is 0 Å². The van der Waals surface area contributed by atoms with E-state index in [0.717, 1.165) is 65.3 Å². The summed E-state index contributed by atoms with van der Waals surface area (Å²) in [6.07, 6.45) is 1.89. The van der Waals surface area contributed by atoms with Gasteiger partial charge in [0, 0.05) is 32.7 Å². The molecule has 0 aromatic carbocycles. The fraction of sp³-hybridized carbons (Fsp3) is 0.923. The van der Waals surface area contributed by atoms with Gasteiger partial charge in [0.05, 0.1) is 18.6 Å². The molecule has 2 aliphatic rings. The van der Waals surface area contributed by atoms with Crippen molar-refractivity contribution in [2.75, 3.05) is 52.5 Å². The van der Waals surface area contributed by atoms with Gasteiger partial charge in [0.25, 0.3) is 0 Å². The van der Waals surface area contributed by atoms with Gasteiger partial charge in [-0.15, -0.1) is 0 Å². The zero-order valence-electron chi connectivity index (χ0n) is 11.3. The molecule has 2 heterocycles. The third-order valence-electron chi connectivity index (χ3n) is 4.22. The summed E-state index contributed by atoms with van der Waals surface area (Å²) < 4.78 is 5.30. The molecule has 2 N–H and O–H groups in total. The lowest BCUT2D eigenvalue weighted by molar-refractivity contribution is -0.130. The Morgan fingerprint density at radius 1 is 1.44 bits per heavy atom. The van der Waals surface area contributed by atoms with E-state index in [9.17, 15) is 4.79 Å². The number of carbonyl (C=O) groups is 1. The second kappa shape index (κ2) is 6.50. The summed E-state index contributed by atoms with van der Waals surface area (Å²) in [6, 6.07) is 0. The third kappa shape index (κ3) is 3.22. The molecule has 0 aliphatic carbocycles. The number of rotatable bonds is 5. The van der Waals surface area contributed by atoms with Gasteiger partial charge < -0.3 is 15.4 Å². The normalized spacial score (nSPS) is 29.4. The molecule has 18 heavy (non-hydrogen) atoms. The number of nitrogens with zero attached hydrogens (tertiary/aromatic N) is 1. The fourth-order valence-electron chi connectivity index (χ4n) is 2.74. The number of carbonyl (C=O) groups excluding carboxylic acids is 1. The van der Waals surface area contributed by atoms with Gasteiger partial charge in [-0.2, -0.15) is 0 Å². The molecule has 2 saturated heterocycles. The van der Waals surface area contributed by atoms with Gasteiger partial charge in [0.2, 0.25) is 5.91 Å². The standard InChI is InChI=1S/C13H25N3O2/c1-2-13(3-4-14-11-13)12(17)15-5-6-16-7-9-18-10-8-16/h14H,2-11H2,1H3,(H,15,17). The van der Waals surface area contributed by atoms with Crippen molar-refractivity contribution in [3.63, 3.8) is 0 Å². The molecule has 0 spiro atoms. The first-order valence-electron chi connectivity index (χ1n) is 7.06. The first-order valence-corrected chi connectivity index (χ1v) is 7.06. The maximum absolute atomic E-state index is 12.2. The Morgan fingerprint density at radius 3 is 2.83 bits per heavy atom. The third-order valence-corrected chi connectivity index (χ3v) is 4.22. The van der Waals surface area contributed by atoms with Gasteiger partial charge in [-0.1, -0.05) is 6.92 Å². The zero-order valence-corrected chi connectivity index (χ0v) is 11.3. The van der Waals surface area contributed by atoms with Crippen LogP contribution in [-0.2, 0) is 9.53 Å². The van der Waals surface area contributed by atoms with Gasteiger partial charge in [-0.05, 0) is 19.4 Å². The largest absolute Gasteiger partial charge is 0.379 e. The van der Waals surface area contributed by atoms with Crippen molar-refractivity contribution in [3.8, 4) is 0 Å². The van der Waals surface area contributed by atoms with E-state index >= 15 is 0 Å². The van der Waals surface area contributed by atoms with Crippen LogP contribution in [0.15, 0.2) is 0 Å². The minimum atomic E-state index is -0.162. The Bertz CT molecular complexity index is 271. The molecular weight excluding hydrogens is 230 g/mol. The molecule has 2 fully saturated rings. The van der Waals surface area contributed by atoms with Crippen LogP contribution in [0.2, 0.25) is 0 Å². The van der Waals surface area contributed by atoms with Crippen molar-refractivity contribution < 1.29 is 9.53 Å². The predicted octanol–water partition coefficient (Wildman–Crippen LogP) is -0.175. The molecular formula is C13H25N3O2. The van der Waals surface area contributed by atoms with Crippen LogP contribution in [0.25, 0.3) is 0 Å². The topological polar surface area (TPSA) is 53.6 Å². The number of morpholine rings is 1. The lowest BCUT2D eigenvalue weighted by atomic mass is 9.83. The molecule has 1 amide bonds. The van der Waals surface area contributed by atoms with E-state index in [1.165, 1.54) is 0 Å². The first kappa shape index (κ1) is 13.8. The molecule has 0 aromatic heterocycles.